The predicted molar refractivity (Wildman–Crippen MR) is 117 cm³/mol. The van der Waals surface area contributed by atoms with E-state index in [0.29, 0.717) is 24.2 Å². The molecule has 4 rings (SSSR count). The van der Waals surface area contributed by atoms with Crippen molar-refractivity contribution < 1.29 is 14.0 Å². The van der Waals surface area contributed by atoms with Crippen LogP contribution in [0.15, 0.2) is 53.1 Å². The number of furan rings is 1. The molecule has 0 aliphatic carbocycles. The molecule has 0 radical (unpaired) electrons. The van der Waals surface area contributed by atoms with Gasteiger partial charge >= 0.3 is 0 Å². The number of hydrogen-bond donors (Lipinski definition) is 2. The van der Waals surface area contributed by atoms with E-state index in [9.17, 15) is 9.59 Å². The van der Waals surface area contributed by atoms with E-state index in [-0.39, 0.29) is 17.6 Å². The number of fused-ring (bicyclic) bond motifs is 1. The Balaban J connectivity index is 1.40. The predicted octanol–water partition coefficient (Wildman–Crippen LogP) is 4.07. The molecule has 0 unspecified atom stereocenters. The SMILES string of the molecule is Cc1cc2nc(C)c(CCC(=O)Nc3cccc(NC(=O)c4ccco4)c3)c(C)n2n1. The Morgan fingerprint density at radius 3 is 2.55 bits per heavy atom. The minimum atomic E-state index is -0.351. The summed E-state index contributed by atoms with van der Waals surface area (Å²) in [7, 11) is 0. The number of aryl methyl sites for hydroxylation is 3. The van der Waals surface area contributed by atoms with Crippen LogP contribution in [0.25, 0.3) is 5.65 Å². The summed E-state index contributed by atoms with van der Waals surface area (Å²) in [5.74, 6) is -0.251. The average molecular weight is 417 g/mol. The molecule has 0 aliphatic heterocycles. The largest absolute Gasteiger partial charge is 0.459 e. The highest BCUT2D eigenvalue weighted by Gasteiger charge is 2.13. The van der Waals surface area contributed by atoms with E-state index < -0.39 is 0 Å². The molecular weight excluding hydrogens is 394 g/mol. The third kappa shape index (κ3) is 4.48. The Labute approximate surface area is 179 Å². The smallest absolute Gasteiger partial charge is 0.291 e. The van der Waals surface area contributed by atoms with Crippen LogP contribution in [0.5, 0.6) is 0 Å². The zero-order valence-corrected chi connectivity index (χ0v) is 17.6. The van der Waals surface area contributed by atoms with Crippen molar-refractivity contribution in [2.75, 3.05) is 10.6 Å². The molecule has 0 saturated heterocycles. The van der Waals surface area contributed by atoms with Crippen molar-refractivity contribution in [2.24, 2.45) is 0 Å². The molecule has 0 saturated carbocycles. The number of amides is 2. The van der Waals surface area contributed by atoms with Crippen LogP contribution in [0.2, 0.25) is 0 Å². The average Bonchev–Trinajstić information content (AvgIpc) is 3.38. The molecule has 0 bridgehead atoms. The van der Waals surface area contributed by atoms with Gasteiger partial charge in [0.15, 0.2) is 11.4 Å². The van der Waals surface area contributed by atoms with Crippen LogP contribution in [0.4, 0.5) is 11.4 Å². The third-order valence-corrected chi connectivity index (χ3v) is 5.04. The van der Waals surface area contributed by atoms with Gasteiger partial charge in [-0.25, -0.2) is 9.50 Å². The fourth-order valence-electron chi connectivity index (χ4n) is 3.54. The number of hydrogen-bond acceptors (Lipinski definition) is 5. The molecule has 3 heterocycles. The molecule has 0 atom stereocenters. The first-order valence-corrected chi connectivity index (χ1v) is 9.98. The van der Waals surface area contributed by atoms with E-state index in [0.717, 1.165) is 28.3 Å². The minimum absolute atomic E-state index is 0.120. The lowest BCUT2D eigenvalue weighted by Crippen LogP contribution is -2.15. The van der Waals surface area contributed by atoms with Crippen LogP contribution in [0.3, 0.4) is 0 Å². The number of nitrogens with zero attached hydrogens (tertiary/aromatic N) is 3. The van der Waals surface area contributed by atoms with Gasteiger partial charge in [0.05, 0.1) is 12.0 Å². The van der Waals surface area contributed by atoms with Gasteiger partial charge in [0.25, 0.3) is 5.91 Å². The quantitative estimate of drug-likeness (QED) is 0.492. The van der Waals surface area contributed by atoms with E-state index in [1.54, 1.807) is 36.4 Å². The number of nitrogens with one attached hydrogen (secondary N) is 2. The van der Waals surface area contributed by atoms with Gasteiger partial charge < -0.3 is 15.1 Å². The van der Waals surface area contributed by atoms with Gasteiger partial charge in [0, 0.05) is 35.2 Å². The van der Waals surface area contributed by atoms with Crippen LogP contribution in [-0.4, -0.2) is 26.4 Å². The molecule has 4 aromatic rings. The Morgan fingerprint density at radius 2 is 1.81 bits per heavy atom. The van der Waals surface area contributed by atoms with Crippen LogP contribution in [-0.2, 0) is 11.2 Å². The van der Waals surface area contributed by atoms with E-state index in [1.165, 1.54) is 6.26 Å². The van der Waals surface area contributed by atoms with Gasteiger partial charge in [-0.15, -0.1) is 0 Å². The Hall–Kier alpha value is -3.94. The number of carbonyl (C=O) groups is 2. The maximum absolute atomic E-state index is 12.5. The highest BCUT2D eigenvalue weighted by molar-refractivity contribution is 6.02. The fourth-order valence-corrected chi connectivity index (χ4v) is 3.54. The molecule has 3 aromatic heterocycles. The summed E-state index contributed by atoms with van der Waals surface area (Å²) in [6, 6.07) is 12.2. The van der Waals surface area contributed by atoms with Crippen LogP contribution >= 0.6 is 0 Å². The number of rotatable bonds is 6. The van der Waals surface area contributed by atoms with Gasteiger partial charge in [-0.2, -0.15) is 5.10 Å². The van der Waals surface area contributed by atoms with Crippen molar-refractivity contribution in [2.45, 2.75) is 33.6 Å². The van der Waals surface area contributed by atoms with Crippen molar-refractivity contribution in [1.82, 2.24) is 14.6 Å². The standard InChI is InChI=1S/C23H23N5O3/c1-14-12-21-24-15(2)19(16(3)28(21)27-14)9-10-22(29)25-17-6-4-7-18(13-17)26-23(30)20-8-5-11-31-20/h4-8,11-13H,9-10H2,1-3H3,(H,25,29)(H,26,30). The van der Waals surface area contributed by atoms with Gasteiger partial charge in [-0.05, 0) is 63.1 Å². The van der Waals surface area contributed by atoms with Crippen LogP contribution in [0, 0.1) is 20.8 Å². The molecule has 1 aromatic carbocycles. The van der Waals surface area contributed by atoms with E-state index in [2.05, 4.69) is 20.7 Å². The first kappa shape index (κ1) is 20.3. The van der Waals surface area contributed by atoms with Crippen molar-refractivity contribution in [3.63, 3.8) is 0 Å². The van der Waals surface area contributed by atoms with Crippen LogP contribution in [0.1, 0.15) is 39.6 Å². The maximum Gasteiger partial charge on any atom is 0.291 e. The monoisotopic (exact) mass is 417 g/mol. The Morgan fingerprint density at radius 1 is 1.03 bits per heavy atom. The first-order chi connectivity index (χ1) is 14.9. The Bertz CT molecular complexity index is 1260. The molecular formula is C23H23N5O3. The Kier molecular flexibility index (Phi) is 5.53. The second kappa shape index (κ2) is 8.43. The van der Waals surface area contributed by atoms with Crippen molar-refractivity contribution in [1.29, 1.82) is 0 Å². The normalized spacial score (nSPS) is 10.9. The lowest BCUT2D eigenvalue weighted by atomic mass is 10.1. The molecule has 8 nitrogen and oxygen atoms in total. The number of benzene rings is 1. The first-order valence-electron chi connectivity index (χ1n) is 9.98. The summed E-state index contributed by atoms with van der Waals surface area (Å²) in [6.07, 6.45) is 2.30. The zero-order chi connectivity index (χ0) is 22.0. The highest BCUT2D eigenvalue weighted by Crippen LogP contribution is 2.19. The van der Waals surface area contributed by atoms with Gasteiger partial charge in [0.2, 0.25) is 5.91 Å². The molecule has 31 heavy (non-hydrogen) atoms. The van der Waals surface area contributed by atoms with Crippen molar-refractivity contribution >= 4 is 28.8 Å². The highest BCUT2D eigenvalue weighted by atomic mass is 16.3. The molecule has 0 aliphatic rings. The van der Waals surface area contributed by atoms with Crippen molar-refractivity contribution in [3.8, 4) is 0 Å². The third-order valence-electron chi connectivity index (χ3n) is 5.04. The molecule has 2 N–H and O–H groups in total. The fraction of sp³-hybridized carbons (Fsp3) is 0.217. The van der Waals surface area contributed by atoms with Crippen molar-refractivity contribution in [3.05, 3.63) is 77.1 Å². The lowest BCUT2D eigenvalue weighted by molar-refractivity contribution is -0.116. The topological polar surface area (TPSA) is 102 Å². The maximum atomic E-state index is 12.5. The summed E-state index contributed by atoms with van der Waals surface area (Å²) in [6.45, 7) is 5.88. The summed E-state index contributed by atoms with van der Waals surface area (Å²) in [4.78, 5) is 29.3. The number of carbonyl (C=O) groups excluding carboxylic acids is 2. The summed E-state index contributed by atoms with van der Waals surface area (Å²) >= 11 is 0. The van der Waals surface area contributed by atoms with E-state index in [4.69, 9.17) is 4.42 Å². The van der Waals surface area contributed by atoms with Crippen LogP contribution < -0.4 is 10.6 Å². The van der Waals surface area contributed by atoms with Gasteiger partial charge in [-0.1, -0.05) is 6.07 Å². The summed E-state index contributed by atoms with van der Waals surface area (Å²) < 4.78 is 6.91. The molecule has 0 fully saturated rings. The second-order valence-electron chi connectivity index (χ2n) is 7.38. The summed E-state index contributed by atoms with van der Waals surface area (Å²) in [5, 5.41) is 10.1. The van der Waals surface area contributed by atoms with E-state index >= 15 is 0 Å². The van der Waals surface area contributed by atoms with Gasteiger partial charge in [-0.3, -0.25) is 9.59 Å². The molecule has 158 valence electrons. The molecule has 0 spiro atoms. The lowest BCUT2D eigenvalue weighted by Gasteiger charge is -2.12. The minimum Gasteiger partial charge on any atom is -0.459 e. The number of aromatic nitrogens is 3. The molecule has 8 heteroatoms. The number of anilines is 2. The molecule has 2 amide bonds. The van der Waals surface area contributed by atoms with E-state index in [1.807, 2.05) is 31.4 Å². The van der Waals surface area contributed by atoms with Gasteiger partial charge in [0.1, 0.15) is 0 Å². The zero-order valence-electron chi connectivity index (χ0n) is 17.6. The second-order valence-corrected chi connectivity index (χ2v) is 7.38. The summed E-state index contributed by atoms with van der Waals surface area (Å²) in [5.41, 5.74) is 5.80.